The molecule has 1 nitrogen and oxygen atoms in total. The topological polar surface area (TPSA) is 26.0 Å². The van der Waals surface area contributed by atoms with E-state index in [0.29, 0.717) is 0 Å². The van der Waals surface area contributed by atoms with Gasteiger partial charge < -0.3 is 5.73 Å². The van der Waals surface area contributed by atoms with E-state index < -0.39 is 0 Å². The lowest BCUT2D eigenvalue weighted by Gasteiger charge is -2.13. The zero-order valence-electron chi connectivity index (χ0n) is 12.3. The Morgan fingerprint density at radius 3 is 2.23 bits per heavy atom. The molecule has 0 spiro atoms. The van der Waals surface area contributed by atoms with Crippen LogP contribution in [0, 0.1) is 0 Å². The molecular weight excluding hydrogens is 266 g/mol. The second-order valence-corrected chi connectivity index (χ2v) is 5.68. The highest BCUT2D eigenvalue weighted by atomic mass is 14.5. The van der Waals surface area contributed by atoms with Crippen LogP contribution in [0.3, 0.4) is 0 Å². The van der Waals surface area contributed by atoms with Crippen LogP contribution in [0.2, 0.25) is 0 Å². The highest BCUT2D eigenvalue weighted by Gasteiger charge is 2.09. The van der Waals surface area contributed by atoms with Gasteiger partial charge in [0.05, 0.1) is 0 Å². The largest absolute Gasteiger partial charge is 0.398 e. The summed E-state index contributed by atoms with van der Waals surface area (Å²) in [6.45, 7) is 0. The summed E-state index contributed by atoms with van der Waals surface area (Å²) in [5.41, 5.74) is 9.73. The van der Waals surface area contributed by atoms with Crippen molar-refractivity contribution in [3.05, 3.63) is 90.0 Å². The molecule has 0 aliphatic carbocycles. The van der Waals surface area contributed by atoms with Crippen LogP contribution < -0.4 is 5.73 Å². The molecule has 106 valence electrons. The van der Waals surface area contributed by atoms with Crippen molar-refractivity contribution in [2.75, 3.05) is 5.73 Å². The van der Waals surface area contributed by atoms with Gasteiger partial charge in [-0.2, -0.15) is 0 Å². The molecule has 4 rings (SSSR count). The number of hydrogen-bond acceptors (Lipinski definition) is 1. The first-order valence-corrected chi connectivity index (χ1v) is 7.56. The highest BCUT2D eigenvalue weighted by Crippen LogP contribution is 2.32. The lowest BCUT2D eigenvalue weighted by atomic mass is 9.92. The first kappa shape index (κ1) is 12.9. The van der Waals surface area contributed by atoms with Crippen molar-refractivity contribution < 1.29 is 0 Å². The molecule has 0 aliphatic rings. The Bertz CT molecular complexity index is 955. The third kappa shape index (κ3) is 2.11. The molecule has 4 aromatic carbocycles. The SMILES string of the molecule is Nc1cccc2c(Cc3ccccc3)c3ccccc3cc12. The summed E-state index contributed by atoms with van der Waals surface area (Å²) in [7, 11) is 0. The van der Waals surface area contributed by atoms with Crippen LogP contribution in [0.15, 0.2) is 78.9 Å². The molecule has 0 amide bonds. The smallest absolute Gasteiger partial charge is 0.0394 e. The minimum Gasteiger partial charge on any atom is -0.398 e. The molecule has 0 saturated heterocycles. The van der Waals surface area contributed by atoms with Gasteiger partial charge in [0.15, 0.2) is 0 Å². The molecule has 0 heterocycles. The van der Waals surface area contributed by atoms with E-state index in [-0.39, 0.29) is 0 Å². The number of hydrogen-bond donors (Lipinski definition) is 1. The molecule has 0 bridgehead atoms. The lowest BCUT2D eigenvalue weighted by Crippen LogP contribution is -1.94. The van der Waals surface area contributed by atoms with Crippen LogP contribution in [0.5, 0.6) is 0 Å². The monoisotopic (exact) mass is 283 g/mol. The van der Waals surface area contributed by atoms with E-state index in [1.165, 1.54) is 27.3 Å². The Morgan fingerprint density at radius 2 is 1.36 bits per heavy atom. The van der Waals surface area contributed by atoms with Crippen molar-refractivity contribution in [2.24, 2.45) is 0 Å². The molecular formula is C21H17N. The van der Waals surface area contributed by atoms with Gasteiger partial charge in [0.2, 0.25) is 0 Å². The van der Waals surface area contributed by atoms with Gasteiger partial charge in [-0.25, -0.2) is 0 Å². The predicted octanol–water partition coefficient (Wildman–Crippen LogP) is 5.17. The molecule has 0 radical (unpaired) electrons. The fourth-order valence-electron chi connectivity index (χ4n) is 3.20. The third-order valence-corrected chi connectivity index (χ3v) is 4.27. The van der Waals surface area contributed by atoms with Crippen molar-refractivity contribution in [3.63, 3.8) is 0 Å². The number of rotatable bonds is 2. The Kier molecular flexibility index (Phi) is 3.05. The fourth-order valence-corrected chi connectivity index (χ4v) is 3.20. The molecule has 0 atom stereocenters. The quantitative estimate of drug-likeness (QED) is 0.399. The molecule has 0 saturated carbocycles. The predicted molar refractivity (Wildman–Crippen MR) is 95.1 cm³/mol. The second kappa shape index (κ2) is 5.19. The maximum atomic E-state index is 6.21. The number of benzene rings is 4. The summed E-state index contributed by atoms with van der Waals surface area (Å²) in [5.74, 6) is 0. The average Bonchev–Trinajstić information content (AvgIpc) is 2.57. The van der Waals surface area contributed by atoms with Gasteiger partial charge in [0.1, 0.15) is 0 Å². The van der Waals surface area contributed by atoms with E-state index >= 15 is 0 Å². The third-order valence-electron chi connectivity index (χ3n) is 4.27. The molecule has 2 N–H and O–H groups in total. The van der Waals surface area contributed by atoms with Crippen LogP contribution in [0.25, 0.3) is 21.5 Å². The maximum absolute atomic E-state index is 6.21. The first-order chi connectivity index (χ1) is 10.8. The second-order valence-electron chi connectivity index (χ2n) is 5.68. The van der Waals surface area contributed by atoms with Crippen LogP contribution in [-0.4, -0.2) is 0 Å². The van der Waals surface area contributed by atoms with Gasteiger partial charge in [0.25, 0.3) is 0 Å². The molecule has 22 heavy (non-hydrogen) atoms. The van der Waals surface area contributed by atoms with E-state index in [1.807, 2.05) is 12.1 Å². The number of anilines is 1. The van der Waals surface area contributed by atoms with E-state index in [2.05, 4.69) is 66.7 Å². The van der Waals surface area contributed by atoms with Gasteiger partial charge in [-0.15, -0.1) is 0 Å². The van der Waals surface area contributed by atoms with Crippen LogP contribution in [0.1, 0.15) is 11.1 Å². The zero-order chi connectivity index (χ0) is 14.9. The Labute approximate surface area is 130 Å². The van der Waals surface area contributed by atoms with Crippen molar-refractivity contribution in [3.8, 4) is 0 Å². The molecule has 4 aromatic rings. The Morgan fingerprint density at radius 1 is 0.636 bits per heavy atom. The summed E-state index contributed by atoms with van der Waals surface area (Å²) in [4.78, 5) is 0. The van der Waals surface area contributed by atoms with Gasteiger partial charge in [-0.05, 0) is 45.8 Å². The number of fused-ring (bicyclic) bond motifs is 2. The van der Waals surface area contributed by atoms with Gasteiger partial charge in [-0.3, -0.25) is 0 Å². The van der Waals surface area contributed by atoms with Crippen LogP contribution >= 0.6 is 0 Å². The summed E-state index contributed by atoms with van der Waals surface area (Å²) < 4.78 is 0. The van der Waals surface area contributed by atoms with Crippen molar-refractivity contribution in [1.82, 2.24) is 0 Å². The normalized spacial score (nSPS) is 11.1. The zero-order valence-corrected chi connectivity index (χ0v) is 12.3. The van der Waals surface area contributed by atoms with Crippen molar-refractivity contribution in [2.45, 2.75) is 6.42 Å². The maximum Gasteiger partial charge on any atom is 0.0394 e. The highest BCUT2D eigenvalue weighted by molar-refractivity contribution is 6.06. The van der Waals surface area contributed by atoms with E-state index in [4.69, 9.17) is 5.73 Å². The van der Waals surface area contributed by atoms with Gasteiger partial charge in [0, 0.05) is 11.1 Å². The minimum atomic E-state index is 0.845. The summed E-state index contributed by atoms with van der Waals surface area (Å²) in [6, 6.07) is 27.6. The first-order valence-electron chi connectivity index (χ1n) is 7.56. The lowest BCUT2D eigenvalue weighted by molar-refractivity contribution is 1.23. The minimum absolute atomic E-state index is 0.845. The summed E-state index contributed by atoms with van der Waals surface area (Å²) in [6.07, 6.45) is 0.919. The molecule has 0 unspecified atom stereocenters. The Hall–Kier alpha value is -2.80. The standard InChI is InChI=1S/C21H17N/c22-21-12-6-11-18-19(13-15-7-2-1-3-8-15)17-10-5-4-9-16(17)14-20(18)21/h1-12,14H,13,22H2. The van der Waals surface area contributed by atoms with E-state index in [0.717, 1.165) is 17.5 Å². The summed E-state index contributed by atoms with van der Waals surface area (Å²) in [5, 5.41) is 4.96. The van der Waals surface area contributed by atoms with Crippen molar-refractivity contribution >= 4 is 27.2 Å². The number of nitrogens with two attached hydrogens (primary N) is 1. The molecule has 0 aromatic heterocycles. The fraction of sp³-hybridized carbons (Fsp3) is 0.0476. The van der Waals surface area contributed by atoms with E-state index in [9.17, 15) is 0 Å². The molecule has 0 fully saturated rings. The molecule has 1 heteroatoms. The van der Waals surface area contributed by atoms with Gasteiger partial charge >= 0.3 is 0 Å². The van der Waals surface area contributed by atoms with Crippen molar-refractivity contribution in [1.29, 1.82) is 0 Å². The Balaban J connectivity index is 2.05. The number of nitrogen functional groups attached to an aromatic ring is 1. The van der Waals surface area contributed by atoms with Crippen LogP contribution in [-0.2, 0) is 6.42 Å². The van der Waals surface area contributed by atoms with Crippen LogP contribution in [0.4, 0.5) is 5.69 Å². The van der Waals surface area contributed by atoms with Gasteiger partial charge in [-0.1, -0.05) is 66.7 Å². The van der Waals surface area contributed by atoms with E-state index in [1.54, 1.807) is 0 Å². The summed E-state index contributed by atoms with van der Waals surface area (Å²) >= 11 is 0. The molecule has 0 aliphatic heterocycles. The average molecular weight is 283 g/mol.